The van der Waals surface area contributed by atoms with Gasteiger partial charge in [0.2, 0.25) is 0 Å². The van der Waals surface area contributed by atoms with Crippen LogP contribution in [0.2, 0.25) is 0 Å². The largest absolute Gasteiger partial charge is 0.507 e. The van der Waals surface area contributed by atoms with Crippen molar-refractivity contribution in [2.45, 2.75) is 13.8 Å². The summed E-state index contributed by atoms with van der Waals surface area (Å²) >= 11 is 0. The number of hydrogen-bond donors (Lipinski definition) is 1. The standard InChI is InChI=1S/C13H19N3O3/c1-3-15(4-2)8-7-14-10-11-9-12(16(18)19)5-6-13(11)17/h5-6,9-10,17H,3-4,7-8H2,1-2H3. The number of nitrogens with zero attached hydrogens (tertiary/aromatic N) is 3. The highest BCUT2D eigenvalue weighted by Gasteiger charge is 2.08. The summed E-state index contributed by atoms with van der Waals surface area (Å²) in [7, 11) is 0. The molecule has 1 aromatic carbocycles. The summed E-state index contributed by atoms with van der Waals surface area (Å²) in [6.45, 7) is 7.53. The van der Waals surface area contributed by atoms with E-state index in [1.165, 1.54) is 24.4 Å². The first-order valence-corrected chi connectivity index (χ1v) is 6.28. The fourth-order valence-electron chi connectivity index (χ4n) is 1.66. The zero-order chi connectivity index (χ0) is 14.3. The van der Waals surface area contributed by atoms with Gasteiger partial charge in [0.15, 0.2) is 0 Å². The maximum absolute atomic E-state index is 10.6. The molecule has 0 saturated carbocycles. The van der Waals surface area contributed by atoms with Crippen LogP contribution in [0.3, 0.4) is 0 Å². The molecule has 6 nitrogen and oxygen atoms in total. The molecule has 19 heavy (non-hydrogen) atoms. The van der Waals surface area contributed by atoms with Crippen molar-refractivity contribution < 1.29 is 10.0 Å². The molecule has 0 saturated heterocycles. The van der Waals surface area contributed by atoms with Crippen LogP contribution in [0.5, 0.6) is 5.75 Å². The van der Waals surface area contributed by atoms with E-state index in [2.05, 4.69) is 23.7 Å². The third kappa shape index (κ3) is 4.67. The van der Waals surface area contributed by atoms with E-state index in [0.717, 1.165) is 19.6 Å². The number of aromatic hydroxyl groups is 1. The molecule has 0 amide bonds. The molecular formula is C13H19N3O3. The molecule has 0 atom stereocenters. The van der Waals surface area contributed by atoms with Gasteiger partial charge < -0.3 is 10.0 Å². The second-order valence-electron chi connectivity index (χ2n) is 4.06. The van der Waals surface area contributed by atoms with Crippen LogP contribution in [0.15, 0.2) is 23.2 Å². The predicted molar refractivity (Wildman–Crippen MR) is 75.0 cm³/mol. The normalized spacial score (nSPS) is 11.3. The summed E-state index contributed by atoms with van der Waals surface area (Å²) in [6, 6.07) is 3.89. The van der Waals surface area contributed by atoms with Crippen LogP contribution < -0.4 is 0 Å². The molecule has 1 aromatic rings. The molecule has 0 fully saturated rings. The lowest BCUT2D eigenvalue weighted by Crippen LogP contribution is -2.25. The highest BCUT2D eigenvalue weighted by molar-refractivity contribution is 5.84. The molecule has 0 spiro atoms. The molecule has 0 radical (unpaired) electrons. The van der Waals surface area contributed by atoms with E-state index in [9.17, 15) is 15.2 Å². The van der Waals surface area contributed by atoms with E-state index in [1.807, 2.05) is 0 Å². The van der Waals surface area contributed by atoms with E-state index in [4.69, 9.17) is 0 Å². The Balaban J connectivity index is 2.65. The highest BCUT2D eigenvalue weighted by atomic mass is 16.6. The minimum atomic E-state index is -0.493. The van der Waals surface area contributed by atoms with Crippen molar-refractivity contribution in [1.29, 1.82) is 0 Å². The van der Waals surface area contributed by atoms with Crippen LogP contribution in [0, 0.1) is 10.1 Å². The van der Waals surface area contributed by atoms with Crippen molar-refractivity contribution in [3.8, 4) is 5.75 Å². The molecular weight excluding hydrogens is 246 g/mol. The Morgan fingerprint density at radius 2 is 2.11 bits per heavy atom. The van der Waals surface area contributed by atoms with Gasteiger partial charge in [-0.2, -0.15) is 0 Å². The maximum Gasteiger partial charge on any atom is 0.270 e. The fraction of sp³-hybridized carbons (Fsp3) is 0.462. The molecule has 0 aliphatic carbocycles. The Morgan fingerprint density at radius 3 is 2.68 bits per heavy atom. The summed E-state index contributed by atoms with van der Waals surface area (Å²) < 4.78 is 0. The van der Waals surface area contributed by atoms with E-state index in [-0.39, 0.29) is 11.4 Å². The summed E-state index contributed by atoms with van der Waals surface area (Å²) in [5.41, 5.74) is 0.316. The van der Waals surface area contributed by atoms with Crippen molar-refractivity contribution in [1.82, 2.24) is 4.90 Å². The van der Waals surface area contributed by atoms with Crippen LogP contribution in [0.1, 0.15) is 19.4 Å². The number of rotatable bonds is 7. The zero-order valence-electron chi connectivity index (χ0n) is 11.2. The smallest absolute Gasteiger partial charge is 0.270 e. The molecule has 6 heteroatoms. The van der Waals surface area contributed by atoms with E-state index in [0.29, 0.717) is 12.1 Å². The topological polar surface area (TPSA) is 79.0 Å². The summed E-state index contributed by atoms with van der Waals surface area (Å²) in [4.78, 5) is 16.6. The SMILES string of the molecule is CCN(CC)CCN=Cc1cc([N+](=O)[O-])ccc1O. The van der Waals surface area contributed by atoms with Crippen molar-refractivity contribution in [2.75, 3.05) is 26.2 Å². The van der Waals surface area contributed by atoms with E-state index < -0.39 is 4.92 Å². The second-order valence-corrected chi connectivity index (χ2v) is 4.06. The van der Waals surface area contributed by atoms with Crippen LogP contribution in [0.4, 0.5) is 5.69 Å². The van der Waals surface area contributed by atoms with Crippen molar-refractivity contribution in [3.63, 3.8) is 0 Å². The molecule has 0 aliphatic rings. The van der Waals surface area contributed by atoms with Crippen LogP contribution >= 0.6 is 0 Å². The van der Waals surface area contributed by atoms with Gasteiger partial charge in [0.25, 0.3) is 5.69 Å². The number of nitro benzene ring substituents is 1. The Bertz CT molecular complexity index is 456. The quantitative estimate of drug-likeness (QED) is 0.465. The van der Waals surface area contributed by atoms with Crippen LogP contribution in [0.25, 0.3) is 0 Å². The molecule has 1 rings (SSSR count). The van der Waals surface area contributed by atoms with Gasteiger partial charge >= 0.3 is 0 Å². The lowest BCUT2D eigenvalue weighted by Gasteiger charge is -2.15. The molecule has 0 aromatic heterocycles. The molecule has 0 aliphatic heterocycles. The molecule has 104 valence electrons. The van der Waals surface area contributed by atoms with E-state index >= 15 is 0 Å². The third-order valence-electron chi connectivity index (χ3n) is 2.89. The number of likely N-dealkylation sites (N-methyl/N-ethyl adjacent to an activating group) is 1. The summed E-state index contributed by atoms with van der Waals surface area (Å²) in [5.74, 6) is -0.00260. The van der Waals surface area contributed by atoms with Gasteiger partial charge in [-0.1, -0.05) is 13.8 Å². The van der Waals surface area contributed by atoms with Crippen LogP contribution in [-0.4, -0.2) is 47.3 Å². The predicted octanol–water partition coefficient (Wildman–Crippen LogP) is 2.06. The number of aliphatic imine (C=N–C) groups is 1. The van der Waals surface area contributed by atoms with Crippen molar-refractivity contribution >= 4 is 11.9 Å². The average molecular weight is 265 g/mol. The lowest BCUT2D eigenvalue weighted by atomic mass is 10.2. The summed E-state index contributed by atoms with van der Waals surface area (Å²) in [5, 5.41) is 20.2. The minimum Gasteiger partial charge on any atom is -0.507 e. The highest BCUT2D eigenvalue weighted by Crippen LogP contribution is 2.21. The second kappa shape index (κ2) is 7.48. The van der Waals surface area contributed by atoms with Crippen molar-refractivity contribution in [2.24, 2.45) is 4.99 Å². The first kappa shape index (κ1) is 15.1. The van der Waals surface area contributed by atoms with Crippen molar-refractivity contribution in [3.05, 3.63) is 33.9 Å². The number of benzene rings is 1. The zero-order valence-corrected chi connectivity index (χ0v) is 11.2. The Hall–Kier alpha value is -1.95. The number of hydrogen-bond acceptors (Lipinski definition) is 5. The number of nitro groups is 1. The molecule has 0 unspecified atom stereocenters. The molecule has 0 bridgehead atoms. The third-order valence-corrected chi connectivity index (χ3v) is 2.89. The molecule has 1 N–H and O–H groups in total. The van der Waals surface area contributed by atoms with Crippen LogP contribution in [-0.2, 0) is 0 Å². The number of phenols is 1. The van der Waals surface area contributed by atoms with Gasteiger partial charge in [-0.05, 0) is 19.2 Å². The first-order chi connectivity index (χ1) is 9.08. The Morgan fingerprint density at radius 1 is 1.42 bits per heavy atom. The lowest BCUT2D eigenvalue weighted by molar-refractivity contribution is -0.384. The maximum atomic E-state index is 10.6. The van der Waals surface area contributed by atoms with E-state index in [1.54, 1.807) is 0 Å². The van der Waals surface area contributed by atoms with Gasteiger partial charge in [-0.25, -0.2) is 0 Å². The first-order valence-electron chi connectivity index (χ1n) is 6.28. The molecule has 0 heterocycles. The minimum absolute atomic E-state index is 0.00260. The fourth-order valence-corrected chi connectivity index (χ4v) is 1.66. The van der Waals surface area contributed by atoms with Gasteiger partial charge in [-0.3, -0.25) is 15.1 Å². The Kier molecular flexibility index (Phi) is 5.95. The average Bonchev–Trinajstić information content (AvgIpc) is 2.40. The number of phenolic OH excluding ortho intramolecular Hbond substituents is 1. The summed E-state index contributed by atoms with van der Waals surface area (Å²) in [6.07, 6.45) is 1.48. The van der Waals surface area contributed by atoms with Gasteiger partial charge in [-0.15, -0.1) is 0 Å². The number of non-ortho nitro benzene ring substituents is 1. The van der Waals surface area contributed by atoms with Gasteiger partial charge in [0, 0.05) is 30.5 Å². The van der Waals surface area contributed by atoms with Gasteiger partial charge in [0.1, 0.15) is 5.75 Å². The monoisotopic (exact) mass is 265 g/mol. The van der Waals surface area contributed by atoms with Gasteiger partial charge in [0.05, 0.1) is 11.5 Å². The Labute approximate surface area is 112 Å².